The quantitative estimate of drug-likeness (QED) is 0.924. The lowest BCUT2D eigenvalue weighted by Gasteiger charge is -2.08. The highest BCUT2D eigenvalue weighted by Gasteiger charge is 2.30. The van der Waals surface area contributed by atoms with Crippen LogP contribution >= 0.6 is 11.8 Å². The molecular weight excluding hydrogens is 304 g/mol. The summed E-state index contributed by atoms with van der Waals surface area (Å²) < 4.78 is 0. The minimum atomic E-state index is -0.110. The highest BCUT2D eigenvalue weighted by atomic mass is 32.2. The van der Waals surface area contributed by atoms with E-state index in [0.29, 0.717) is 5.17 Å². The average molecular weight is 324 g/mol. The van der Waals surface area contributed by atoms with Crippen molar-refractivity contribution >= 4 is 28.5 Å². The van der Waals surface area contributed by atoms with Gasteiger partial charge in [-0.05, 0) is 56.0 Å². The van der Waals surface area contributed by atoms with E-state index in [1.54, 1.807) is 0 Å². The summed E-state index contributed by atoms with van der Waals surface area (Å²) in [6, 6.07) is 14.4. The molecule has 1 N–H and O–H groups in total. The normalized spacial score (nSPS) is 19.2. The second kappa shape index (κ2) is 6.59. The van der Waals surface area contributed by atoms with E-state index in [-0.39, 0.29) is 11.2 Å². The van der Waals surface area contributed by atoms with E-state index < -0.39 is 0 Å². The monoisotopic (exact) mass is 324 g/mol. The molecule has 1 heterocycles. The minimum absolute atomic E-state index is 0.0408. The van der Waals surface area contributed by atoms with Crippen LogP contribution in [-0.2, 0) is 11.2 Å². The lowest BCUT2D eigenvalue weighted by Crippen LogP contribution is -2.26. The van der Waals surface area contributed by atoms with E-state index in [1.165, 1.54) is 34.0 Å². The fourth-order valence-corrected chi connectivity index (χ4v) is 3.50. The Hall–Kier alpha value is -2.07. The van der Waals surface area contributed by atoms with Gasteiger partial charge in [0, 0.05) is 0 Å². The third kappa shape index (κ3) is 3.82. The number of rotatable bonds is 3. The van der Waals surface area contributed by atoms with Crippen molar-refractivity contribution in [1.82, 2.24) is 5.32 Å². The molecule has 0 saturated carbocycles. The van der Waals surface area contributed by atoms with Crippen molar-refractivity contribution in [3.63, 3.8) is 0 Å². The summed E-state index contributed by atoms with van der Waals surface area (Å²) in [5.74, 6) is 0.0408. The Morgan fingerprint density at radius 3 is 2.48 bits per heavy atom. The smallest absolute Gasteiger partial charge is 0.239 e. The first-order valence-electron chi connectivity index (χ1n) is 7.70. The van der Waals surface area contributed by atoms with Crippen LogP contribution in [0.1, 0.15) is 22.3 Å². The van der Waals surface area contributed by atoms with Gasteiger partial charge in [-0.2, -0.15) is 0 Å². The van der Waals surface area contributed by atoms with Crippen molar-refractivity contribution < 1.29 is 4.79 Å². The van der Waals surface area contributed by atoms with Crippen molar-refractivity contribution in [1.29, 1.82) is 0 Å². The van der Waals surface area contributed by atoms with Crippen LogP contribution in [0, 0.1) is 20.8 Å². The maximum atomic E-state index is 12.2. The van der Waals surface area contributed by atoms with Gasteiger partial charge in [0.15, 0.2) is 5.17 Å². The Labute approximate surface area is 141 Å². The van der Waals surface area contributed by atoms with E-state index in [1.807, 2.05) is 31.2 Å². The molecule has 1 atom stereocenters. The number of carbonyl (C=O) groups is 1. The van der Waals surface area contributed by atoms with Crippen molar-refractivity contribution in [3.05, 3.63) is 64.7 Å². The Kier molecular flexibility index (Phi) is 4.53. The van der Waals surface area contributed by atoms with E-state index in [0.717, 1.165) is 12.1 Å². The zero-order chi connectivity index (χ0) is 16.4. The summed E-state index contributed by atoms with van der Waals surface area (Å²) in [4.78, 5) is 16.7. The number of aryl methyl sites for hydroxylation is 3. The maximum absolute atomic E-state index is 12.2. The molecule has 0 aromatic heterocycles. The highest BCUT2D eigenvalue weighted by molar-refractivity contribution is 8.15. The predicted molar refractivity (Wildman–Crippen MR) is 97.4 cm³/mol. The zero-order valence-corrected chi connectivity index (χ0v) is 14.4. The summed E-state index contributed by atoms with van der Waals surface area (Å²) >= 11 is 1.51. The van der Waals surface area contributed by atoms with Gasteiger partial charge in [-0.15, -0.1) is 0 Å². The van der Waals surface area contributed by atoms with Crippen molar-refractivity contribution in [2.75, 3.05) is 0 Å². The molecule has 1 aliphatic heterocycles. The molecule has 4 heteroatoms. The van der Waals surface area contributed by atoms with Crippen LogP contribution in [0.2, 0.25) is 0 Å². The molecule has 118 valence electrons. The first-order chi connectivity index (χ1) is 11.0. The Morgan fingerprint density at radius 2 is 1.78 bits per heavy atom. The molecule has 1 amide bonds. The number of amidine groups is 1. The van der Waals surface area contributed by atoms with E-state index in [9.17, 15) is 4.79 Å². The number of nitrogens with zero attached hydrogens (tertiary/aromatic N) is 1. The minimum Gasteiger partial charge on any atom is -0.304 e. The fourth-order valence-electron chi connectivity index (χ4n) is 2.47. The van der Waals surface area contributed by atoms with Crippen LogP contribution < -0.4 is 5.32 Å². The summed E-state index contributed by atoms with van der Waals surface area (Å²) in [5.41, 5.74) is 5.80. The lowest BCUT2D eigenvalue weighted by atomic mass is 10.0. The summed E-state index contributed by atoms with van der Waals surface area (Å²) in [7, 11) is 0. The van der Waals surface area contributed by atoms with E-state index in [2.05, 4.69) is 42.4 Å². The number of benzene rings is 2. The Morgan fingerprint density at radius 1 is 1.04 bits per heavy atom. The highest BCUT2D eigenvalue weighted by Crippen LogP contribution is 2.26. The van der Waals surface area contributed by atoms with Crippen LogP contribution in [0.3, 0.4) is 0 Å². The molecule has 23 heavy (non-hydrogen) atoms. The molecule has 1 fully saturated rings. The van der Waals surface area contributed by atoms with Gasteiger partial charge in [0.05, 0.1) is 10.9 Å². The summed E-state index contributed by atoms with van der Waals surface area (Å²) in [6.07, 6.45) is 0.727. The molecule has 3 nitrogen and oxygen atoms in total. The number of thioether (sulfide) groups is 1. The predicted octanol–water partition coefficient (Wildman–Crippen LogP) is 4.07. The number of hydrogen-bond acceptors (Lipinski definition) is 3. The number of aliphatic imine (C=N–C) groups is 1. The molecule has 2 aromatic rings. The molecule has 0 aliphatic carbocycles. The number of carbonyl (C=O) groups excluding carboxylic acids is 1. The Bertz CT molecular complexity index is 765. The molecule has 0 bridgehead atoms. The largest absolute Gasteiger partial charge is 0.304 e. The molecule has 0 spiro atoms. The van der Waals surface area contributed by atoms with Crippen LogP contribution in [0.25, 0.3) is 0 Å². The van der Waals surface area contributed by atoms with Crippen LogP contribution in [0.15, 0.2) is 47.5 Å². The molecule has 0 radical (unpaired) electrons. The maximum Gasteiger partial charge on any atom is 0.239 e. The number of amides is 1. The number of hydrogen-bond donors (Lipinski definition) is 1. The summed E-state index contributed by atoms with van der Waals surface area (Å²) in [6.45, 7) is 6.25. The van der Waals surface area contributed by atoms with Crippen LogP contribution in [0.4, 0.5) is 5.69 Å². The van der Waals surface area contributed by atoms with Gasteiger partial charge < -0.3 is 5.32 Å². The zero-order valence-electron chi connectivity index (χ0n) is 13.6. The van der Waals surface area contributed by atoms with Gasteiger partial charge in [-0.1, -0.05) is 47.7 Å². The SMILES string of the molecule is Cc1ccc(N=C2NC(=O)C(Cc3ccc(C)c(C)c3)S2)cc1. The first kappa shape index (κ1) is 15.8. The first-order valence-corrected chi connectivity index (χ1v) is 8.58. The van der Waals surface area contributed by atoms with Gasteiger partial charge in [0.1, 0.15) is 0 Å². The second-order valence-electron chi connectivity index (χ2n) is 5.97. The third-order valence-electron chi connectivity index (χ3n) is 4.03. The molecule has 1 aliphatic rings. The topological polar surface area (TPSA) is 41.5 Å². The van der Waals surface area contributed by atoms with E-state index >= 15 is 0 Å². The van der Waals surface area contributed by atoms with E-state index in [4.69, 9.17) is 0 Å². The van der Waals surface area contributed by atoms with Crippen LogP contribution in [0.5, 0.6) is 0 Å². The van der Waals surface area contributed by atoms with Gasteiger partial charge in [0.2, 0.25) is 5.91 Å². The van der Waals surface area contributed by atoms with Gasteiger partial charge in [0.25, 0.3) is 0 Å². The van der Waals surface area contributed by atoms with Crippen molar-refractivity contribution in [3.8, 4) is 0 Å². The van der Waals surface area contributed by atoms with Crippen molar-refractivity contribution in [2.24, 2.45) is 4.99 Å². The molecule has 1 unspecified atom stereocenters. The number of nitrogens with one attached hydrogen (secondary N) is 1. The van der Waals surface area contributed by atoms with Crippen LogP contribution in [-0.4, -0.2) is 16.3 Å². The second-order valence-corrected chi connectivity index (χ2v) is 7.16. The van der Waals surface area contributed by atoms with Gasteiger partial charge in [-0.25, -0.2) is 4.99 Å². The lowest BCUT2D eigenvalue weighted by molar-refractivity contribution is -0.118. The fraction of sp³-hybridized carbons (Fsp3) is 0.263. The third-order valence-corrected chi connectivity index (χ3v) is 5.12. The van der Waals surface area contributed by atoms with Crippen molar-refractivity contribution in [2.45, 2.75) is 32.4 Å². The average Bonchev–Trinajstić information content (AvgIpc) is 2.85. The molecule has 2 aromatic carbocycles. The Balaban J connectivity index is 1.72. The van der Waals surface area contributed by atoms with Gasteiger partial charge in [-0.3, -0.25) is 4.79 Å². The summed E-state index contributed by atoms with van der Waals surface area (Å²) in [5, 5.41) is 3.47. The molecular formula is C19H20N2OS. The van der Waals surface area contributed by atoms with Gasteiger partial charge >= 0.3 is 0 Å². The standard InChI is InChI=1S/C19H20N2OS/c1-12-4-8-16(9-5-12)20-19-21-18(22)17(23-19)11-15-7-6-13(2)14(3)10-15/h4-10,17H,11H2,1-3H3,(H,20,21,22). The molecule has 1 saturated heterocycles. The molecule has 3 rings (SSSR count).